The molecule has 0 aliphatic rings. The van der Waals surface area contributed by atoms with E-state index in [0.29, 0.717) is 18.1 Å². The van der Waals surface area contributed by atoms with Gasteiger partial charge in [0.15, 0.2) is 17.3 Å². The van der Waals surface area contributed by atoms with Crippen molar-refractivity contribution >= 4 is 23.2 Å². The number of benzene rings is 1. The molecule has 2 rings (SSSR count). The van der Waals surface area contributed by atoms with E-state index in [4.69, 9.17) is 9.47 Å². The lowest BCUT2D eigenvalue weighted by Crippen LogP contribution is -2.21. The van der Waals surface area contributed by atoms with Crippen molar-refractivity contribution in [2.45, 2.75) is 27.4 Å². The summed E-state index contributed by atoms with van der Waals surface area (Å²) >= 11 is 1.63. The van der Waals surface area contributed by atoms with Gasteiger partial charge in [-0.1, -0.05) is 32.9 Å². The normalized spacial score (nSPS) is 11.7. The van der Waals surface area contributed by atoms with Crippen LogP contribution in [0.4, 0.5) is 0 Å². The first kappa shape index (κ1) is 18.8. The molecule has 0 atom stereocenters. The zero-order valence-electron chi connectivity index (χ0n) is 14.8. The zero-order chi connectivity index (χ0) is 18.4. The number of ether oxygens (including phenoxy) is 2. The van der Waals surface area contributed by atoms with Crippen LogP contribution in [0.25, 0.3) is 6.08 Å². The van der Waals surface area contributed by atoms with Gasteiger partial charge in [0.25, 0.3) is 0 Å². The lowest BCUT2D eigenvalue weighted by atomic mass is 9.86. The highest BCUT2D eigenvalue weighted by Gasteiger charge is 2.25. The minimum absolute atomic E-state index is 0.127. The Labute approximate surface area is 152 Å². The summed E-state index contributed by atoms with van der Waals surface area (Å²) in [6.07, 6.45) is 1.58. The number of hydrogen-bond donors (Lipinski definition) is 0. The molecular weight excluding hydrogens is 334 g/mol. The third kappa shape index (κ3) is 4.94. The van der Waals surface area contributed by atoms with Crippen molar-refractivity contribution in [2.75, 3.05) is 7.11 Å². The largest absolute Gasteiger partial charge is 0.493 e. The van der Waals surface area contributed by atoms with Crippen LogP contribution >= 0.6 is 11.3 Å². The highest BCUT2D eigenvalue weighted by Crippen LogP contribution is 2.30. The van der Waals surface area contributed by atoms with E-state index in [1.54, 1.807) is 63.5 Å². The molecule has 1 aromatic carbocycles. The summed E-state index contributed by atoms with van der Waals surface area (Å²) in [5, 5.41) is 11.3. The lowest BCUT2D eigenvalue weighted by molar-refractivity contribution is -0.121. The van der Waals surface area contributed by atoms with Crippen LogP contribution in [-0.4, -0.2) is 12.9 Å². The Morgan fingerprint density at radius 2 is 2.04 bits per heavy atom. The SMILES string of the molecule is COc1cc(/C=C(\C#N)C(=O)C(C)(C)C)ccc1OCc1cccs1. The predicted molar refractivity (Wildman–Crippen MR) is 99.7 cm³/mol. The number of carbonyl (C=O) groups is 1. The van der Waals surface area contributed by atoms with Crippen molar-refractivity contribution in [3.05, 3.63) is 51.7 Å². The number of nitrogens with zero attached hydrogens (tertiary/aromatic N) is 1. The number of thiophene rings is 1. The molecule has 130 valence electrons. The van der Waals surface area contributed by atoms with E-state index in [-0.39, 0.29) is 11.4 Å². The van der Waals surface area contributed by atoms with E-state index in [1.165, 1.54) is 0 Å². The number of hydrogen-bond acceptors (Lipinski definition) is 5. The van der Waals surface area contributed by atoms with Gasteiger partial charge in [0.1, 0.15) is 12.7 Å². The molecule has 0 bridgehead atoms. The Morgan fingerprint density at radius 3 is 2.60 bits per heavy atom. The highest BCUT2D eigenvalue weighted by atomic mass is 32.1. The van der Waals surface area contributed by atoms with Gasteiger partial charge in [-0.3, -0.25) is 4.79 Å². The summed E-state index contributed by atoms with van der Waals surface area (Å²) in [7, 11) is 1.56. The summed E-state index contributed by atoms with van der Waals surface area (Å²) in [6, 6.07) is 11.3. The minimum atomic E-state index is -0.602. The van der Waals surface area contributed by atoms with Crippen LogP contribution in [-0.2, 0) is 11.4 Å². The molecular formula is C20H21NO3S. The van der Waals surface area contributed by atoms with Gasteiger partial charge in [0, 0.05) is 10.3 Å². The van der Waals surface area contributed by atoms with Gasteiger partial charge in [-0.05, 0) is 35.2 Å². The summed E-state index contributed by atoms with van der Waals surface area (Å²) < 4.78 is 11.2. The predicted octanol–water partition coefficient (Wildman–Crippen LogP) is 4.86. The topological polar surface area (TPSA) is 59.3 Å². The molecule has 0 unspecified atom stereocenters. The van der Waals surface area contributed by atoms with Gasteiger partial charge in [-0.15, -0.1) is 11.3 Å². The maximum absolute atomic E-state index is 12.3. The van der Waals surface area contributed by atoms with Crippen LogP contribution in [0.5, 0.6) is 11.5 Å². The second kappa shape index (κ2) is 8.00. The Balaban J connectivity index is 2.24. The first-order valence-corrected chi connectivity index (χ1v) is 8.73. The second-order valence-corrected chi connectivity index (χ2v) is 7.56. The third-order valence-corrected chi connectivity index (χ3v) is 4.34. The van der Waals surface area contributed by atoms with Gasteiger partial charge < -0.3 is 9.47 Å². The fourth-order valence-electron chi connectivity index (χ4n) is 2.16. The van der Waals surface area contributed by atoms with Crippen molar-refractivity contribution in [3.63, 3.8) is 0 Å². The van der Waals surface area contributed by atoms with E-state index in [1.807, 2.05) is 23.6 Å². The van der Waals surface area contributed by atoms with Gasteiger partial charge in [-0.25, -0.2) is 0 Å². The molecule has 1 heterocycles. The molecule has 0 radical (unpaired) electrons. The molecule has 0 aliphatic carbocycles. The van der Waals surface area contributed by atoms with Gasteiger partial charge in [-0.2, -0.15) is 5.26 Å². The zero-order valence-corrected chi connectivity index (χ0v) is 15.6. The standard InChI is InChI=1S/C20H21NO3S/c1-20(2,3)19(22)15(12-21)10-14-7-8-17(18(11-14)23-4)24-13-16-6-5-9-25-16/h5-11H,13H2,1-4H3/b15-10+. The fourth-order valence-corrected chi connectivity index (χ4v) is 2.77. The molecule has 1 aromatic heterocycles. The molecule has 0 saturated carbocycles. The molecule has 0 aliphatic heterocycles. The molecule has 0 fully saturated rings. The maximum atomic E-state index is 12.3. The smallest absolute Gasteiger partial charge is 0.178 e. The van der Waals surface area contributed by atoms with E-state index in [2.05, 4.69) is 0 Å². The Bertz CT molecular complexity index is 808. The lowest BCUT2D eigenvalue weighted by Gasteiger charge is -2.15. The number of allylic oxidation sites excluding steroid dienone is 1. The maximum Gasteiger partial charge on any atom is 0.178 e. The van der Waals surface area contributed by atoms with Crippen molar-refractivity contribution < 1.29 is 14.3 Å². The number of rotatable bonds is 6. The molecule has 25 heavy (non-hydrogen) atoms. The second-order valence-electron chi connectivity index (χ2n) is 6.53. The molecule has 2 aromatic rings. The van der Waals surface area contributed by atoms with Crippen LogP contribution in [0.15, 0.2) is 41.3 Å². The quantitative estimate of drug-likeness (QED) is 0.548. The molecule has 4 nitrogen and oxygen atoms in total. The first-order valence-electron chi connectivity index (χ1n) is 7.85. The van der Waals surface area contributed by atoms with Crippen LogP contribution < -0.4 is 9.47 Å². The van der Waals surface area contributed by atoms with Crippen molar-refractivity contribution in [3.8, 4) is 17.6 Å². The Morgan fingerprint density at radius 1 is 1.28 bits per heavy atom. The summed E-state index contributed by atoms with van der Waals surface area (Å²) in [5.74, 6) is 0.992. The van der Waals surface area contributed by atoms with Gasteiger partial charge in [0.05, 0.1) is 12.7 Å². The first-order chi connectivity index (χ1) is 11.8. The number of ketones is 1. The third-order valence-electron chi connectivity index (χ3n) is 3.49. The van der Waals surface area contributed by atoms with E-state index in [9.17, 15) is 10.1 Å². The van der Waals surface area contributed by atoms with Crippen LogP contribution in [0, 0.1) is 16.7 Å². The minimum Gasteiger partial charge on any atom is -0.493 e. The van der Waals surface area contributed by atoms with Crippen LogP contribution in [0.2, 0.25) is 0 Å². The number of Topliss-reactive ketones (excluding diaryl/α,β-unsaturated/α-hetero) is 1. The number of methoxy groups -OCH3 is 1. The monoisotopic (exact) mass is 355 g/mol. The fraction of sp³-hybridized carbons (Fsp3) is 0.300. The van der Waals surface area contributed by atoms with Crippen molar-refractivity contribution in [1.29, 1.82) is 5.26 Å². The Kier molecular flexibility index (Phi) is 6.00. The summed E-state index contributed by atoms with van der Waals surface area (Å²) in [4.78, 5) is 13.4. The van der Waals surface area contributed by atoms with Crippen LogP contribution in [0.3, 0.4) is 0 Å². The average Bonchev–Trinajstić information content (AvgIpc) is 3.10. The van der Waals surface area contributed by atoms with E-state index < -0.39 is 5.41 Å². The molecule has 0 N–H and O–H groups in total. The average molecular weight is 355 g/mol. The molecule has 5 heteroatoms. The van der Waals surface area contributed by atoms with Crippen LogP contribution in [0.1, 0.15) is 31.2 Å². The van der Waals surface area contributed by atoms with Gasteiger partial charge in [0.2, 0.25) is 0 Å². The number of carbonyl (C=O) groups excluding carboxylic acids is 1. The Hall–Kier alpha value is -2.58. The molecule has 0 amide bonds. The van der Waals surface area contributed by atoms with Crippen molar-refractivity contribution in [1.82, 2.24) is 0 Å². The number of nitriles is 1. The summed E-state index contributed by atoms with van der Waals surface area (Å²) in [5.41, 5.74) is 0.242. The highest BCUT2D eigenvalue weighted by molar-refractivity contribution is 7.09. The van der Waals surface area contributed by atoms with E-state index >= 15 is 0 Å². The van der Waals surface area contributed by atoms with E-state index in [0.717, 1.165) is 10.4 Å². The van der Waals surface area contributed by atoms with Gasteiger partial charge >= 0.3 is 0 Å². The summed E-state index contributed by atoms with van der Waals surface area (Å²) in [6.45, 7) is 5.85. The molecule has 0 saturated heterocycles. The van der Waals surface area contributed by atoms with Crippen molar-refractivity contribution in [2.24, 2.45) is 5.41 Å². The molecule has 0 spiro atoms.